The fourth-order valence-electron chi connectivity index (χ4n) is 2.17. The lowest BCUT2D eigenvalue weighted by molar-refractivity contribution is -0.117. The largest absolute Gasteiger partial charge is 0.325 e. The highest BCUT2D eigenvalue weighted by atomic mass is 32.2. The quantitative estimate of drug-likeness (QED) is 0.643. The van der Waals surface area contributed by atoms with Crippen LogP contribution < -0.4 is 15.4 Å². The van der Waals surface area contributed by atoms with E-state index in [1.165, 1.54) is 24.0 Å². The first-order valence-electron chi connectivity index (χ1n) is 7.93. The molecule has 1 aromatic carbocycles. The lowest BCUT2D eigenvalue weighted by atomic mass is 10.2. The van der Waals surface area contributed by atoms with Gasteiger partial charge < -0.3 is 10.6 Å². The van der Waals surface area contributed by atoms with E-state index in [0.717, 1.165) is 12.1 Å². The maximum absolute atomic E-state index is 12.3. The van der Waals surface area contributed by atoms with Gasteiger partial charge in [-0.2, -0.15) is 9.82 Å². The Morgan fingerprint density at radius 2 is 2.12 bits per heavy atom. The monoisotopic (exact) mass is 365 g/mol. The van der Waals surface area contributed by atoms with Gasteiger partial charge in [0, 0.05) is 25.5 Å². The second-order valence-corrected chi connectivity index (χ2v) is 7.38. The summed E-state index contributed by atoms with van der Waals surface area (Å²) in [7, 11) is -2.18. The molecule has 1 unspecified atom stereocenters. The number of hydrogen-bond acceptors (Lipinski definition) is 5. The number of amides is 1. The smallest absolute Gasteiger partial charge is 0.244 e. The zero-order valence-electron chi connectivity index (χ0n) is 14.5. The number of nitrogens with one attached hydrogen (secondary N) is 3. The first-order chi connectivity index (χ1) is 11.8. The minimum Gasteiger partial charge on any atom is -0.325 e. The number of benzene rings is 1. The molecule has 2 aromatic rings. The SMILES string of the molecule is CCNCc1cccc(NC(=O)C(C)NS(=O)(=O)c2cnn(C)c2)c1. The number of aryl methyl sites for hydroxylation is 1. The number of rotatable bonds is 8. The molecule has 0 spiro atoms. The minimum absolute atomic E-state index is 0.0160. The van der Waals surface area contributed by atoms with Crippen molar-refractivity contribution in [3.8, 4) is 0 Å². The standard InChI is InChI=1S/C16H23N5O3S/c1-4-17-9-13-6-5-7-14(8-13)19-16(22)12(2)20-25(23,24)15-10-18-21(3)11-15/h5-8,10-12,17,20H,4,9H2,1-3H3,(H,19,22). The molecule has 0 bridgehead atoms. The molecule has 2 rings (SSSR count). The first-order valence-corrected chi connectivity index (χ1v) is 9.41. The number of anilines is 1. The van der Waals surface area contributed by atoms with Gasteiger partial charge in [0.15, 0.2) is 0 Å². The third kappa shape index (κ3) is 5.38. The van der Waals surface area contributed by atoms with Crippen LogP contribution >= 0.6 is 0 Å². The molecule has 1 heterocycles. The maximum atomic E-state index is 12.3. The molecule has 1 atom stereocenters. The van der Waals surface area contributed by atoms with E-state index < -0.39 is 22.0 Å². The molecule has 25 heavy (non-hydrogen) atoms. The van der Waals surface area contributed by atoms with Crippen molar-refractivity contribution in [3.63, 3.8) is 0 Å². The van der Waals surface area contributed by atoms with E-state index in [-0.39, 0.29) is 4.90 Å². The molecule has 0 saturated carbocycles. The van der Waals surface area contributed by atoms with Crippen molar-refractivity contribution in [3.05, 3.63) is 42.2 Å². The van der Waals surface area contributed by atoms with E-state index in [2.05, 4.69) is 20.5 Å². The molecule has 0 aliphatic heterocycles. The Kier molecular flexibility index (Phi) is 6.29. The second kappa shape index (κ2) is 8.24. The normalized spacial score (nSPS) is 12.8. The molecule has 0 aliphatic rings. The van der Waals surface area contributed by atoms with Crippen LogP contribution in [0.1, 0.15) is 19.4 Å². The summed E-state index contributed by atoms with van der Waals surface area (Å²) in [5.74, 6) is -0.437. The van der Waals surface area contributed by atoms with Crippen molar-refractivity contribution in [2.75, 3.05) is 11.9 Å². The van der Waals surface area contributed by atoms with Crippen molar-refractivity contribution in [2.45, 2.75) is 31.3 Å². The van der Waals surface area contributed by atoms with Crippen LogP contribution in [0.25, 0.3) is 0 Å². The summed E-state index contributed by atoms with van der Waals surface area (Å²) in [6.07, 6.45) is 2.61. The molecule has 0 radical (unpaired) electrons. The lowest BCUT2D eigenvalue weighted by Crippen LogP contribution is -2.41. The number of carbonyl (C=O) groups is 1. The zero-order valence-corrected chi connectivity index (χ0v) is 15.3. The van der Waals surface area contributed by atoms with Gasteiger partial charge in [0.05, 0.1) is 12.2 Å². The number of sulfonamides is 1. The number of aromatic nitrogens is 2. The molecule has 1 amide bonds. The van der Waals surface area contributed by atoms with Gasteiger partial charge in [0.25, 0.3) is 0 Å². The Labute approximate surface area is 147 Å². The molecule has 136 valence electrons. The van der Waals surface area contributed by atoms with Gasteiger partial charge in [-0.15, -0.1) is 0 Å². The predicted molar refractivity (Wildman–Crippen MR) is 95.4 cm³/mol. The van der Waals surface area contributed by atoms with Crippen molar-refractivity contribution in [1.82, 2.24) is 19.8 Å². The van der Waals surface area contributed by atoms with Crippen LogP contribution in [0.4, 0.5) is 5.69 Å². The summed E-state index contributed by atoms with van der Waals surface area (Å²) in [6, 6.07) is 6.47. The minimum atomic E-state index is -3.80. The van der Waals surface area contributed by atoms with E-state index in [4.69, 9.17) is 0 Å². The molecule has 0 fully saturated rings. The van der Waals surface area contributed by atoms with Crippen LogP contribution in [0.3, 0.4) is 0 Å². The van der Waals surface area contributed by atoms with Crippen molar-refractivity contribution >= 4 is 21.6 Å². The van der Waals surface area contributed by atoms with Crippen LogP contribution in [0.5, 0.6) is 0 Å². The Morgan fingerprint density at radius 3 is 2.76 bits per heavy atom. The average Bonchev–Trinajstić information content (AvgIpc) is 3.00. The third-order valence-electron chi connectivity index (χ3n) is 3.49. The predicted octanol–water partition coefficient (Wildman–Crippen LogP) is 0.835. The van der Waals surface area contributed by atoms with Gasteiger partial charge in [-0.05, 0) is 31.2 Å². The van der Waals surface area contributed by atoms with Gasteiger partial charge >= 0.3 is 0 Å². The van der Waals surface area contributed by atoms with E-state index in [1.807, 2.05) is 25.1 Å². The van der Waals surface area contributed by atoms with Crippen molar-refractivity contribution in [1.29, 1.82) is 0 Å². The molecule has 8 nitrogen and oxygen atoms in total. The van der Waals surface area contributed by atoms with Crippen LogP contribution in [-0.2, 0) is 28.4 Å². The molecule has 1 aromatic heterocycles. The van der Waals surface area contributed by atoms with E-state index >= 15 is 0 Å². The Balaban J connectivity index is 2.00. The molecular weight excluding hydrogens is 342 g/mol. The van der Waals surface area contributed by atoms with E-state index in [9.17, 15) is 13.2 Å². The number of nitrogens with zero attached hydrogens (tertiary/aromatic N) is 2. The fourth-order valence-corrected chi connectivity index (χ4v) is 3.36. The Morgan fingerprint density at radius 1 is 1.36 bits per heavy atom. The Bertz CT molecular complexity index is 832. The van der Waals surface area contributed by atoms with E-state index in [0.29, 0.717) is 12.2 Å². The van der Waals surface area contributed by atoms with Crippen molar-refractivity contribution < 1.29 is 13.2 Å². The summed E-state index contributed by atoms with van der Waals surface area (Å²) in [5.41, 5.74) is 1.65. The number of carbonyl (C=O) groups excluding carboxylic acids is 1. The average molecular weight is 365 g/mol. The summed E-state index contributed by atoms with van der Waals surface area (Å²) in [4.78, 5) is 12.3. The van der Waals surface area contributed by atoms with Crippen LogP contribution in [-0.4, -0.2) is 36.7 Å². The molecule has 3 N–H and O–H groups in total. The summed E-state index contributed by atoms with van der Waals surface area (Å²) < 4.78 is 28.2. The molecule has 0 aliphatic carbocycles. The zero-order chi connectivity index (χ0) is 18.4. The molecule has 0 saturated heterocycles. The van der Waals surface area contributed by atoms with Gasteiger partial charge in [-0.1, -0.05) is 19.1 Å². The van der Waals surface area contributed by atoms with Gasteiger partial charge in [-0.25, -0.2) is 8.42 Å². The van der Waals surface area contributed by atoms with E-state index in [1.54, 1.807) is 13.1 Å². The van der Waals surface area contributed by atoms with Gasteiger partial charge in [0.2, 0.25) is 15.9 Å². The van der Waals surface area contributed by atoms with Gasteiger partial charge in [0.1, 0.15) is 4.90 Å². The Hall–Kier alpha value is -2.23. The summed E-state index contributed by atoms with van der Waals surface area (Å²) in [5, 5.41) is 9.76. The fraction of sp³-hybridized carbons (Fsp3) is 0.375. The molecule has 9 heteroatoms. The highest BCUT2D eigenvalue weighted by Gasteiger charge is 2.23. The lowest BCUT2D eigenvalue weighted by Gasteiger charge is -2.14. The summed E-state index contributed by atoms with van der Waals surface area (Å²) >= 11 is 0. The van der Waals surface area contributed by atoms with Gasteiger partial charge in [-0.3, -0.25) is 9.48 Å². The number of hydrogen-bond donors (Lipinski definition) is 3. The molecular formula is C16H23N5O3S. The van der Waals surface area contributed by atoms with Crippen LogP contribution in [0, 0.1) is 0 Å². The van der Waals surface area contributed by atoms with Crippen molar-refractivity contribution in [2.24, 2.45) is 7.05 Å². The first kappa shape index (κ1) is 19.1. The highest BCUT2D eigenvalue weighted by Crippen LogP contribution is 2.12. The second-order valence-electron chi connectivity index (χ2n) is 5.66. The topological polar surface area (TPSA) is 105 Å². The van der Waals surface area contributed by atoms with Crippen LogP contribution in [0.2, 0.25) is 0 Å². The summed E-state index contributed by atoms with van der Waals surface area (Å²) in [6.45, 7) is 5.06. The third-order valence-corrected chi connectivity index (χ3v) is 4.99. The highest BCUT2D eigenvalue weighted by molar-refractivity contribution is 7.89. The maximum Gasteiger partial charge on any atom is 0.244 e. The van der Waals surface area contributed by atoms with Crippen LogP contribution in [0.15, 0.2) is 41.6 Å².